The van der Waals surface area contributed by atoms with E-state index < -0.39 is 57.8 Å². The summed E-state index contributed by atoms with van der Waals surface area (Å²) in [6, 6.07) is 1.08. The molecule has 1 fully saturated rings. The Kier molecular flexibility index (Phi) is 8.19. The number of hydrogen-bond acceptors (Lipinski definition) is 7. The molecule has 1 aliphatic rings. The smallest absolute Gasteiger partial charge is 0.391 e. The maximum Gasteiger partial charge on any atom is 0.416 e. The highest BCUT2D eigenvalue weighted by Gasteiger charge is 2.40. The second kappa shape index (κ2) is 11.0. The zero-order valence-electron chi connectivity index (χ0n) is 21.1. The summed E-state index contributed by atoms with van der Waals surface area (Å²) in [5, 5.41) is 13.2. The first kappa shape index (κ1) is 30.4. The van der Waals surface area contributed by atoms with Crippen LogP contribution >= 0.6 is 0 Å². The van der Waals surface area contributed by atoms with E-state index in [4.69, 9.17) is 0 Å². The Bertz CT molecular complexity index is 1510. The molecule has 17 heteroatoms. The average Bonchev–Trinajstić information content (AvgIpc) is 3.47. The Balaban J connectivity index is 1.53. The Morgan fingerprint density at radius 1 is 1.12 bits per heavy atom. The van der Waals surface area contributed by atoms with Gasteiger partial charge in [0, 0.05) is 43.8 Å². The number of hydrogen-bond donors (Lipinski definition) is 3. The lowest BCUT2D eigenvalue weighted by Gasteiger charge is -2.23. The van der Waals surface area contributed by atoms with Crippen LogP contribution in [0, 0.1) is 0 Å². The van der Waals surface area contributed by atoms with Crippen molar-refractivity contribution in [3.8, 4) is 0 Å². The number of ketones is 1. The summed E-state index contributed by atoms with van der Waals surface area (Å²) in [6.45, 7) is -0.390. The Labute approximate surface area is 229 Å². The number of halogens is 6. The van der Waals surface area contributed by atoms with Crippen LogP contribution in [0.25, 0.3) is 0 Å². The molecule has 0 amide bonds. The fourth-order valence-corrected chi connectivity index (χ4v) is 5.20. The van der Waals surface area contributed by atoms with Crippen LogP contribution in [0.15, 0.2) is 49.2 Å². The standard InChI is InChI=1S/C24H23F6N5O5S/c1-34(41(38,39)40)19-7-17(8-20(19)36)33-22-18(9-31-12-32-22)21(37)14-2-3-35(11-14)10-13-4-15(23(25,26)27)6-16(5-13)24(28,29)30/h2-6,9,11-12,17,19-20,36H,7-8,10H2,1H3,(H,31,32,33)(H,38,39,40)/t17-,19-,20+/m1/s1. The highest BCUT2D eigenvalue weighted by molar-refractivity contribution is 7.83. The van der Waals surface area contributed by atoms with E-state index in [1.54, 1.807) is 0 Å². The van der Waals surface area contributed by atoms with Crippen molar-refractivity contribution in [1.82, 2.24) is 18.8 Å². The van der Waals surface area contributed by atoms with Gasteiger partial charge in [-0.1, -0.05) is 0 Å². The Hall–Kier alpha value is -3.54. The van der Waals surface area contributed by atoms with E-state index in [1.807, 2.05) is 0 Å². The van der Waals surface area contributed by atoms with Crippen molar-refractivity contribution < 1.29 is 49.2 Å². The monoisotopic (exact) mass is 607 g/mol. The van der Waals surface area contributed by atoms with E-state index in [9.17, 15) is 49.2 Å². The number of alkyl halides is 6. The number of carbonyl (C=O) groups excluding carboxylic acids is 1. The molecular formula is C24H23F6N5O5S. The van der Waals surface area contributed by atoms with Crippen LogP contribution in [0.3, 0.4) is 0 Å². The zero-order valence-corrected chi connectivity index (χ0v) is 21.9. The number of aliphatic hydroxyl groups excluding tert-OH is 1. The topological polar surface area (TPSA) is 138 Å². The van der Waals surface area contributed by atoms with Crippen molar-refractivity contribution in [2.45, 2.75) is 49.9 Å². The lowest BCUT2D eigenvalue weighted by atomic mass is 10.0. The molecule has 0 unspecified atom stereocenters. The molecule has 0 saturated heterocycles. The van der Waals surface area contributed by atoms with Gasteiger partial charge in [-0.25, -0.2) is 9.97 Å². The molecule has 222 valence electrons. The molecule has 3 aromatic rings. The molecule has 2 aromatic heterocycles. The van der Waals surface area contributed by atoms with Gasteiger partial charge in [-0.2, -0.15) is 39.1 Å². The van der Waals surface area contributed by atoms with Gasteiger partial charge in [0.15, 0.2) is 5.78 Å². The quantitative estimate of drug-likeness (QED) is 0.201. The summed E-state index contributed by atoms with van der Waals surface area (Å²) in [7, 11) is -3.45. The molecule has 3 N–H and O–H groups in total. The molecule has 1 aromatic carbocycles. The van der Waals surface area contributed by atoms with Crippen molar-refractivity contribution in [2.24, 2.45) is 0 Å². The largest absolute Gasteiger partial charge is 0.416 e. The average molecular weight is 608 g/mol. The molecule has 3 atom stereocenters. The van der Waals surface area contributed by atoms with Crippen molar-refractivity contribution >= 4 is 21.9 Å². The second-order valence-electron chi connectivity index (χ2n) is 9.54. The summed E-state index contributed by atoms with van der Waals surface area (Å²) < 4.78 is 113. The molecule has 0 radical (unpaired) electrons. The summed E-state index contributed by atoms with van der Waals surface area (Å²) in [6.07, 6.45) is -6.07. The van der Waals surface area contributed by atoms with Gasteiger partial charge in [0.2, 0.25) is 0 Å². The van der Waals surface area contributed by atoms with E-state index in [2.05, 4.69) is 15.3 Å². The van der Waals surface area contributed by atoms with Gasteiger partial charge < -0.3 is 15.0 Å². The lowest BCUT2D eigenvalue weighted by Crippen LogP contribution is -2.41. The van der Waals surface area contributed by atoms with Gasteiger partial charge in [-0.15, -0.1) is 0 Å². The highest BCUT2D eigenvalue weighted by atomic mass is 32.2. The van der Waals surface area contributed by atoms with E-state index in [-0.39, 0.29) is 48.0 Å². The second-order valence-corrected chi connectivity index (χ2v) is 11.0. The molecule has 10 nitrogen and oxygen atoms in total. The molecule has 1 saturated carbocycles. The number of likely N-dealkylation sites (N-methyl/N-ethyl adjacent to an activating group) is 1. The molecule has 2 heterocycles. The number of nitrogens with one attached hydrogen (secondary N) is 1. The zero-order chi connectivity index (χ0) is 30.3. The minimum atomic E-state index is -5.00. The van der Waals surface area contributed by atoms with Crippen LogP contribution < -0.4 is 5.32 Å². The minimum Gasteiger partial charge on any atom is -0.391 e. The third-order valence-corrected chi connectivity index (χ3v) is 7.65. The maximum absolute atomic E-state index is 13.2. The molecule has 0 spiro atoms. The number of rotatable bonds is 8. The van der Waals surface area contributed by atoms with E-state index >= 15 is 0 Å². The first-order chi connectivity index (χ1) is 18.9. The van der Waals surface area contributed by atoms with Gasteiger partial charge in [-0.05, 0) is 42.7 Å². The number of benzene rings is 1. The van der Waals surface area contributed by atoms with Crippen molar-refractivity contribution in [1.29, 1.82) is 0 Å². The fraction of sp³-hybridized carbons (Fsp3) is 0.375. The first-order valence-corrected chi connectivity index (χ1v) is 13.3. The van der Waals surface area contributed by atoms with Gasteiger partial charge in [0.1, 0.15) is 12.1 Å². The number of nitrogens with zero attached hydrogens (tertiary/aromatic N) is 4. The number of anilines is 1. The van der Waals surface area contributed by atoms with E-state index in [0.717, 1.165) is 13.4 Å². The molecular weight excluding hydrogens is 584 g/mol. The Morgan fingerprint density at radius 3 is 2.34 bits per heavy atom. The SMILES string of the molecule is CN([C@@H]1C[C@@H](Nc2ncncc2C(=O)c2ccn(Cc3cc(C(F)(F)F)cc(C(F)(F)F)c3)c2)C[C@@H]1O)S(=O)(=O)O. The molecule has 1 aliphatic carbocycles. The third-order valence-electron chi connectivity index (χ3n) is 6.65. The van der Waals surface area contributed by atoms with Crippen molar-refractivity contribution in [2.75, 3.05) is 12.4 Å². The highest BCUT2D eigenvalue weighted by Crippen LogP contribution is 2.36. The summed E-state index contributed by atoms with van der Waals surface area (Å²) in [4.78, 5) is 21.1. The Morgan fingerprint density at radius 2 is 1.76 bits per heavy atom. The third kappa shape index (κ3) is 7.03. The predicted octanol–water partition coefficient (Wildman–Crippen LogP) is 3.63. The van der Waals surface area contributed by atoms with Crippen LogP contribution in [0.5, 0.6) is 0 Å². The summed E-state index contributed by atoms with van der Waals surface area (Å²) >= 11 is 0. The van der Waals surface area contributed by atoms with Crippen molar-refractivity contribution in [3.05, 3.63) is 77.0 Å². The number of aromatic nitrogens is 3. The normalized spacial score (nSPS) is 20.0. The maximum atomic E-state index is 13.2. The molecule has 0 aliphatic heterocycles. The molecule has 0 bridgehead atoms. The van der Waals surface area contributed by atoms with Gasteiger partial charge in [0.25, 0.3) is 0 Å². The minimum absolute atomic E-state index is 0.0234. The van der Waals surface area contributed by atoms with Crippen LogP contribution in [-0.4, -0.2) is 67.9 Å². The lowest BCUT2D eigenvalue weighted by molar-refractivity contribution is -0.143. The first-order valence-electron chi connectivity index (χ1n) is 11.9. The van der Waals surface area contributed by atoms with E-state index in [1.165, 1.54) is 29.2 Å². The molecule has 41 heavy (non-hydrogen) atoms. The van der Waals surface area contributed by atoms with Crippen LogP contribution in [0.4, 0.5) is 32.2 Å². The fourth-order valence-electron chi connectivity index (χ4n) is 4.63. The molecule has 4 rings (SSSR count). The van der Waals surface area contributed by atoms with Crippen LogP contribution in [0.2, 0.25) is 0 Å². The van der Waals surface area contributed by atoms with Crippen LogP contribution in [-0.2, 0) is 29.2 Å². The number of aliphatic hydroxyl groups is 1. The number of carbonyl (C=O) groups is 1. The predicted molar refractivity (Wildman–Crippen MR) is 131 cm³/mol. The van der Waals surface area contributed by atoms with Gasteiger partial charge >= 0.3 is 22.7 Å². The summed E-state index contributed by atoms with van der Waals surface area (Å²) in [5.74, 6) is -0.560. The van der Waals surface area contributed by atoms with Gasteiger partial charge in [0.05, 0.1) is 28.8 Å². The van der Waals surface area contributed by atoms with Gasteiger partial charge in [-0.3, -0.25) is 9.35 Å². The van der Waals surface area contributed by atoms with E-state index in [0.29, 0.717) is 16.4 Å². The van der Waals surface area contributed by atoms with Crippen molar-refractivity contribution in [3.63, 3.8) is 0 Å². The summed E-state index contributed by atoms with van der Waals surface area (Å²) in [5.41, 5.74) is -3.17. The van der Waals surface area contributed by atoms with Crippen LogP contribution in [0.1, 0.15) is 45.5 Å².